The molecular formula is C18H15ClFN3O4. The average Bonchev–Trinajstić information content (AvgIpc) is 3.03. The molecule has 0 aromatic heterocycles. The highest BCUT2D eigenvalue weighted by atomic mass is 35.5. The van der Waals surface area contributed by atoms with Gasteiger partial charge in [-0.25, -0.2) is 0 Å². The molecule has 1 saturated heterocycles. The van der Waals surface area contributed by atoms with Gasteiger partial charge >= 0.3 is 5.69 Å². The van der Waals surface area contributed by atoms with Gasteiger partial charge in [0, 0.05) is 30.6 Å². The molecule has 0 spiro atoms. The lowest BCUT2D eigenvalue weighted by molar-refractivity contribution is -0.387. The summed E-state index contributed by atoms with van der Waals surface area (Å²) >= 11 is 6.05. The minimum absolute atomic E-state index is 0.0282. The Kier molecular flexibility index (Phi) is 5.36. The van der Waals surface area contributed by atoms with Gasteiger partial charge in [0.05, 0.1) is 16.5 Å². The average molecular weight is 392 g/mol. The number of carbonyl (C=O) groups excluding carboxylic acids is 2. The standard InChI is InChI=1S/C18H15ClFN3O4/c19-14-4-2-1-3-11(14)9-21-18(25)12-7-17(24)22(10-12)13-5-6-15(20)16(8-13)23(26)27/h1-6,8,12H,7,9-10H2,(H,21,25). The zero-order valence-corrected chi connectivity index (χ0v) is 14.8. The quantitative estimate of drug-likeness (QED) is 0.626. The van der Waals surface area contributed by atoms with Gasteiger partial charge in [-0.15, -0.1) is 0 Å². The van der Waals surface area contributed by atoms with Crippen LogP contribution in [0.25, 0.3) is 0 Å². The van der Waals surface area contributed by atoms with E-state index in [1.165, 1.54) is 11.0 Å². The zero-order chi connectivity index (χ0) is 19.6. The molecule has 0 radical (unpaired) electrons. The third kappa shape index (κ3) is 4.06. The molecule has 3 rings (SSSR count). The summed E-state index contributed by atoms with van der Waals surface area (Å²) in [7, 11) is 0. The molecule has 27 heavy (non-hydrogen) atoms. The van der Waals surface area contributed by atoms with E-state index in [0.29, 0.717) is 5.02 Å². The predicted molar refractivity (Wildman–Crippen MR) is 96.8 cm³/mol. The summed E-state index contributed by atoms with van der Waals surface area (Å²) in [5.74, 6) is -2.26. The van der Waals surface area contributed by atoms with Crippen LogP contribution in [0.4, 0.5) is 15.8 Å². The Balaban J connectivity index is 1.68. The third-order valence-electron chi connectivity index (χ3n) is 4.34. The largest absolute Gasteiger partial charge is 0.352 e. The first kappa shape index (κ1) is 18.8. The lowest BCUT2D eigenvalue weighted by Crippen LogP contribution is -2.32. The Morgan fingerprint density at radius 2 is 2.07 bits per heavy atom. The first-order chi connectivity index (χ1) is 12.9. The van der Waals surface area contributed by atoms with Gasteiger partial charge in [0.25, 0.3) is 0 Å². The highest BCUT2D eigenvalue weighted by molar-refractivity contribution is 6.31. The second-order valence-corrected chi connectivity index (χ2v) is 6.51. The van der Waals surface area contributed by atoms with Gasteiger partial charge in [-0.1, -0.05) is 29.8 Å². The number of anilines is 1. The van der Waals surface area contributed by atoms with Crippen molar-refractivity contribution in [3.8, 4) is 0 Å². The Morgan fingerprint density at radius 1 is 1.33 bits per heavy atom. The van der Waals surface area contributed by atoms with Gasteiger partial charge in [-0.2, -0.15) is 4.39 Å². The summed E-state index contributed by atoms with van der Waals surface area (Å²) in [5, 5.41) is 14.1. The number of hydrogen-bond acceptors (Lipinski definition) is 4. The van der Waals surface area contributed by atoms with Crippen LogP contribution < -0.4 is 10.2 Å². The molecular weight excluding hydrogens is 377 g/mol. The summed E-state index contributed by atoms with van der Waals surface area (Å²) in [6.45, 7) is 0.293. The number of nitro groups is 1. The molecule has 0 saturated carbocycles. The SMILES string of the molecule is O=C(NCc1ccccc1Cl)C1CC(=O)N(c2ccc(F)c([N+](=O)[O-])c2)C1. The molecule has 0 aliphatic carbocycles. The van der Waals surface area contributed by atoms with Crippen molar-refractivity contribution in [2.45, 2.75) is 13.0 Å². The van der Waals surface area contributed by atoms with Crippen molar-refractivity contribution in [3.63, 3.8) is 0 Å². The summed E-state index contributed by atoms with van der Waals surface area (Å²) < 4.78 is 13.5. The zero-order valence-electron chi connectivity index (χ0n) is 14.0. The molecule has 1 heterocycles. The Morgan fingerprint density at radius 3 is 2.78 bits per heavy atom. The number of hydrogen-bond donors (Lipinski definition) is 1. The maximum absolute atomic E-state index is 13.5. The Labute approximate surface area is 158 Å². The third-order valence-corrected chi connectivity index (χ3v) is 4.71. The van der Waals surface area contributed by atoms with E-state index in [4.69, 9.17) is 11.6 Å². The van der Waals surface area contributed by atoms with E-state index < -0.39 is 22.3 Å². The topological polar surface area (TPSA) is 92.6 Å². The van der Waals surface area contributed by atoms with Gasteiger partial charge in [0.2, 0.25) is 17.6 Å². The van der Waals surface area contributed by atoms with Crippen LogP contribution in [0.2, 0.25) is 5.02 Å². The van der Waals surface area contributed by atoms with Crippen molar-refractivity contribution < 1.29 is 18.9 Å². The number of amides is 2. The van der Waals surface area contributed by atoms with Gasteiger partial charge in [-0.05, 0) is 23.8 Å². The van der Waals surface area contributed by atoms with E-state index in [1.54, 1.807) is 24.3 Å². The fourth-order valence-electron chi connectivity index (χ4n) is 2.91. The van der Waals surface area contributed by atoms with Crippen molar-refractivity contribution in [2.75, 3.05) is 11.4 Å². The van der Waals surface area contributed by atoms with Crippen LogP contribution in [0.1, 0.15) is 12.0 Å². The molecule has 0 bridgehead atoms. The van der Waals surface area contributed by atoms with Crippen LogP contribution in [-0.4, -0.2) is 23.3 Å². The van der Waals surface area contributed by atoms with Crippen molar-refractivity contribution in [2.24, 2.45) is 5.92 Å². The Hall–Kier alpha value is -3.00. The fourth-order valence-corrected chi connectivity index (χ4v) is 3.11. The number of benzene rings is 2. The molecule has 2 aromatic rings. The number of nitrogens with one attached hydrogen (secondary N) is 1. The molecule has 1 aliphatic heterocycles. The van der Waals surface area contributed by atoms with Crippen LogP contribution in [0.5, 0.6) is 0 Å². The maximum atomic E-state index is 13.5. The molecule has 1 N–H and O–H groups in total. The summed E-state index contributed by atoms with van der Waals surface area (Å²) in [6.07, 6.45) is -0.0282. The molecule has 7 nitrogen and oxygen atoms in total. The summed E-state index contributed by atoms with van der Waals surface area (Å²) in [4.78, 5) is 35.9. The first-order valence-electron chi connectivity index (χ1n) is 8.12. The number of nitrogens with zero attached hydrogens (tertiary/aromatic N) is 2. The normalized spacial score (nSPS) is 16.4. The molecule has 1 atom stereocenters. The van der Waals surface area contributed by atoms with E-state index in [-0.39, 0.29) is 37.0 Å². The van der Waals surface area contributed by atoms with Gasteiger partial charge in [0.1, 0.15) is 0 Å². The van der Waals surface area contributed by atoms with Crippen molar-refractivity contribution in [1.82, 2.24) is 5.32 Å². The molecule has 9 heteroatoms. The maximum Gasteiger partial charge on any atom is 0.306 e. The van der Waals surface area contributed by atoms with E-state index in [9.17, 15) is 24.1 Å². The fraction of sp³-hybridized carbons (Fsp3) is 0.222. The van der Waals surface area contributed by atoms with Gasteiger partial charge in [-0.3, -0.25) is 19.7 Å². The van der Waals surface area contributed by atoms with E-state index in [0.717, 1.165) is 17.7 Å². The second kappa shape index (κ2) is 7.71. The van der Waals surface area contributed by atoms with Crippen LogP contribution in [0.15, 0.2) is 42.5 Å². The molecule has 1 unspecified atom stereocenters. The van der Waals surface area contributed by atoms with Crippen molar-refractivity contribution >= 4 is 34.8 Å². The lowest BCUT2D eigenvalue weighted by Gasteiger charge is -2.16. The number of rotatable bonds is 5. The minimum Gasteiger partial charge on any atom is -0.352 e. The highest BCUT2D eigenvalue weighted by Gasteiger charge is 2.35. The molecule has 2 aromatic carbocycles. The predicted octanol–water partition coefficient (Wildman–Crippen LogP) is 3.06. The molecule has 1 fully saturated rings. The monoisotopic (exact) mass is 391 g/mol. The second-order valence-electron chi connectivity index (χ2n) is 6.11. The first-order valence-corrected chi connectivity index (χ1v) is 8.50. The van der Waals surface area contributed by atoms with Gasteiger partial charge in [0.15, 0.2) is 0 Å². The van der Waals surface area contributed by atoms with Crippen LogP contribution in [0.3, 0.4) is 0 Å². The van der Waals surface area contributed by atoms with E-state index >= 15 is 0 Å². The lowest BCUT2D eigenvalue weighted by atomic mass is 10.1. The summed E-state index contributed by atoms with van der Waals surface area (Å²) in [6, 6.07) is 10.3. The molecule has 1 aliphatic rings. The molecule has 2 amide bonds. The highest BCUT2D eigenvalue weighted by Crippen LogP contribution is 2.29. The van der Waals surface area contributed by atoms with E-state index in [1.807, 2.05) is 0 Å². The minimum atomic E-state index is -0.982. The number of halogens is 2. The van der Waals surface area contributed by atoms with Crippen LogP contribution in [0, 0.1) is 21.8 Å². The molecule has 140 valence electrons. The van der Waals surface area contributed by atoms with Crippen LogP contribution in [-0.2, 0) is 16.1 Å². The number of carbonyl (C=O) groups is 2. The Bertz CT molecular complexity index is 921. The summed E-state index contributed by atoms with van der Waals surface area (Å²) in [5.41, 5.74) is 0.226. The smallest absolute Gasteiger partial charge is 0.306 e. The van der Waals surface area contributed by atoms with Crippen LogP contribution >= 0.6 is 11.6 Å². The van der Waals surface area contributed by atoms with E-state index in [2.05, 4.69) is 5.32 Å². The van der Waals surface area contributed by atoms with Gasteiger partial charge < -0.3 is 10.2 Å². The van der Waals surface area contributed by atoms with Crippen molar-refractivity contribution in [3.05, 3.63) is 69.0 Å². The van der Waals surface area contributed by atoms with Crippen molar-refractivity contribution in [1.29, 1.82) is 0 Å². The number of nitro benzene ring substituents is 1.